The Bertz CT molecular complexity index is 290. The topological polar surface area (TPSA) is 69.6 Å². The van der Waals surface area contributed by atoms with Gasteiger partial charge in [0.05, 0.1) is 0 Å². The standard InChI is InChI=1S/C13H24N2O3/c1-3-5-6-11(12(16)17)14-13(18)15(4-2)9-10-7-8-10/h10-11H,3-9H2,1-2H3,(H,14,18)(H,16,17)/t11-/m0/s1. The van der Waals surface area contributed by atoms with Gasteiger partial charge in [0.2, 0.25) is 0 Å². The van der Waals surface area contributed by atoms with Crippen molar-refractivity contribution in [3.63, 3.8) is 0 Å². The van der Waals surface area contributed by atoms with E-state index in [9.17, 15) is 9.59 Å². The average Bonchev–Trinajstić information content (AvgIpc) is 3.14. The molecule has 5 nitrogen and oxygen atoms in total. The van der Waals surface area contributed by atoms with Crippen molar-refractivity contribution in [1.29, 1.82) is 0 Å². The Morgan fingerprint density at radius 2 is 2.06 bits per heavy atom. The fraction of sp³-hybridized carbons (Fsp3) is 0.846. The fourth-order valence-electron chi connectivity index (χ4n) is 1.87. The van der Waals surface area contributed by atoms with Crippen LogP contribution in [0, 0.1) is 5.92 Å². The van der Waals surface area contributed by atoms with Gasteiger partial charge in [0.1, 0.15) is 6.04 Å². The summed E-state index contributed by atoms with van der Waals surface area (Å²) in [6, 6.07) is -1.00. The minimum atomic E-state index is -0.945. The lowest BCUT2D eigenvalue weighted by atomic mass is 10.1. The van der Waals surface area contributed by atoms with Crippen LogP contribution in [-0.2, 0) is 4.79 Å². The molecule has 0 saturated heterocycles. The van der Waals surface area contributed by atoms with Gasteiger partial charge >= 0.3 is 12.0 Å². The molecule has 0 aliphatic heterocycles. The highest BCUT2D eigenvalue weighted by atomic mass is 16.4. The fourth-order valence-corrected chi connectivity index (χ4v) is 1.87. The molecule has 1 saturated carbocycles. The van der Waals surface area contributed by atoms with Crippen LogP contribution in [0.4, 0.5) is 4.79 Å². The summed E-state index contributed by atoms with van der Waals surface area (Å²) in [5, 5.41) is 11.7. The molecule has 0 aromatic carbocycles. The molecule has 1 fully saturated rings. The first-order valence-corrected chi connectivity index (χ1v) is 6.86. The summed E-state index contributed by atoms with van der Waals surface area (Å²) in [5.41, 5.74) is 0. The molecule has 1 aliphatic carbocycles. The van der Waals surface area contributed by atoms with Crippen molar-refractivity contribution in [3.05, 3.63) is 0 Å². The predicted molar refractivity (Wildman–Crippen MR) is 69.5 cm³/mol. The minimum Gasteiger partial charge on any atom is -0.480 e. The highest BCUT2D eigenvalue weighted by Crippen LogP contribution is 2.29. The number of amides is 2. The molecule has 0 aromatic heterocycles. The lowest BCUT2D eigenvalue weighted by molar-refractivity contribution is -0.139. The van der Waals surface area contributed by atoms with Gasteiger partial charge < -0.3 is 15.3 Å². The van der Waals surface area contributed by atoms with E-state index in [4.69, 9.17) is 5.11 Å². The van der Waals surface area contributed by atoms with Crippen LogP contribution < -0.4 is 5.32 Å². The van der Waals surface area contributed by atoms with Gasteiger partial charge in [-0.2, -0.15) is 0 Å². The van der Waals surface area contributed by atoms with Crippen LogP contribution in [0.3, 0.4) is 0 Å². The van der Waals surface area contributed by atoms with Crippen LogP contribution in [0.25, 0.3) is 0 Å². The maximum atomic E-state index is 12.0. The number of aliphatic carboxylic acids is 1. The Kier molecular flexibility index (Phi) is 5.95. The molecule has 2 N–H and O–H groups in total. The summed E-state index contributed by atoms with van der Waals surface area (Å²) in [6.07, 6.45) is 4.60. The van der Waals surface area contributed by atoms with Gasteiger partial charge in [-0.05, 0) is 32.1 Å². The Morgan fingerprint density at radius 3 is 2.50 bits per heavy atom. The van der Waals surface area contributed by atoms with Crippen molar-refractivity contribution in [2.45, 2.75) is 52.0 Å². The van der Waals surface area contributed by atoms with Crippen molar-refractivity contribution in [2.75, 3.05) is 13.1 Å². The third-order valence-electron chi connectivity index (χ3n) is 3.29. The van der Waals surface area contributed by atoms with Crippen molar-refractivity contribution in [2.24, 2.45) is 5.92 Å². The summed E-state index contributed by atoms with van der Waals surface area (Å²) >= 11 is 0. The molecule has 1 aliphatic rings. The average molecular weight is 256 g/mol. The first-order chi connectivity index (χ1) is 8.58. The van der Waals surface area contributed by atoms with Gasteiger partial charge in [0.25, 0.3) is 0 Å². The molecular weight excluding hydrogens is 232 g/mol. The molecule has 5 heteroatoms. The van der Waals surface area contributed by atoms with Crippen LogP contribution in [0.1, 0.15) is 46.0 Å². The van der Waals surface area contributed by atoms with Crippen molar-refractivity contribution in [3.8, 4) is 0 Å². The van der Waals surface area contributed by atoms with E-state index < -0.39 is 12.0 Å². The van der Waals surface area contributed by atoms with E-state index in [1.165, 1.54) is 12.8 Å². The first kappa shape index (κ1) is 14.8. The molecule has 0 spiro atoms. The number of urea groups is 1. The second-order valence-electron chi connectivity index (χ2n) is 4.96. The van der Waals surface area contributed by atoms with E-state index in [1.807, 2.05) is 13.8 Å². The Hall–Kier alpha value is -1.26. The second kappa shape index (κ2) is 7.24. The number of nitrogens with zero attached hydrogens (tertiary/aromatic N) is 1. The van der Waals surface area contributed by atoms with E-state index in [-0.39, 0.29) is 6.03 Å². The zero-order valence-corrected chi connectivity index (χ0v) is 11.3. The van der Waals surface area contributed by atoms with E-state index in [2.05, 4.69) is 5.32 Å². The van der Waals surface area contributed by atoms with E-state index in [0.29, 0.717) is 18.9 Å². The van der Waals surface area contributed by atoms with E-state index in [0.717, 1.165) is 19.4 Å². The monoisotopic (exact) mass is 256 g/mol. The van der Waals surface area contributed by atoms with E-state index in [1.54, 1.807) is 4.90 Å². The summed E-state index contributed by atoms with van der Waals surface area (Å²) in [4.78, 5) is 24.7. The SMILES string of the molecule is CCCC[C@H](NC(=O)N(CC)CC1CC1)C(=O)O. The lowest BCUT2D eigenvalue weighted by Gasteiger charge is -2.23. The normalized spacial score (nSPS) is 16.1. The predicted octanol–water partition coefficient (Wildman–Crippen LogP) is 2.07. The molecule has 0 radical (unpaired) electrons. The number of hydrogen-bond acceptors (Lipinski definition) is 2. The third kappa shape index (κ3) is 4.94. The van der Waals surface area contributed by atoms with Gasteiger partial charge in [-0.25, -0.2) is 9.59 Å². The summed E-state index contributed by atoms with van der Waals surface area (Å²) in [5.74, 6) is -0.325. The van der Waals surface area contributed by atoms with Crippen LogP contribution in [0.15, 0.2) is 0 Å². The van der Waals surface area contributed by atoms with Gasteiger partial charge in [0.15, 0.2) is 0 Å². The van der Waals surface area contributed by atoms with Crippen LogP contribution in [0.5, 0.6) is 0 Å². The maximum absolute atomic E-state index is 12.0. The third-order valence-corrected chi connectivity index (χ3v) is 3.29. The molecule has 0 aromatic rings. The smallest absolute Gasteiger partial charge is 0.326 e. The Morgan fingerprint density at radius 1 is 1.39 bits per heavy atom. The van der Waals surface area contributed by atoms with Crippen LogP contribution in [-0.4, -0.2) is 41.1 Å². The van der Waals surface area contributed by atoms with Crippen LogP contribution >= 0.6 is 0 Å². The number of unbranched alkanes of at least 4 members (excludes halogenated alkanes) is 1. The van der Waals surface area contributed by atoms with Crippen molar-refractivity contribution < 1.29 is 14.7 Å². The number of carboxylic acid groups (broad SMARTS) is 1. The zero-order chi connectivity index (χ0) is 13.5. The highest BCUT2D eigenvalue weighted by molar-refractivity contribution is 5.82. The Labute approximate surface area is 109 Å². The summed E-state index contributed by atoms with van der Waals surface area (Å²) < 4.78 is 0. The highest BCUT2D eigenvalue weighted by Gasteiger charge is 2.28. The second-order valence-corrected chi connectivity index (χ2v) is 4.96. The van der Waals surface area contributed by atoms with Crippen molar-refractivity contribution >= 4 is 12.0 Å². The lowest BCUT2D eigenvalue weighted by Crippen LogP contribution is -2.48. The Balaban J connectivity index is 2.43. The molecule has 18 heavy (non-hydrogen) atoms. The molecular formula is C13H24N2O3. The molecule has 104 valence electrons. The van der Waals surface area contributed by atoms with Gasteiger partial charge in [0, 0.05) is 13.1 Å². The number of carbonyl (C=O) groups is 2. The molecule has 0 bridgehead atoms. The maximum Gasteiger partial charge on any atom is 0.326 e. The summed E-state index contributed by atoms with van der Waals surface area (Å²) in [6.45, 7) is 5.31. The van der Waals surface area contributed by atoms with Gasteiger partial charge in [-0.3, -0.25) is 0 Å². The zero-order valence-electron chi connectivity index (χ0n) is 11.3. The number of hydrogen-bond donors (Lipinski definition) is 2. The van der Waals surface area contributed by atoms with Gasteiger partial charge in [-0.15, -0.1) is 0 Å². The number of carboxylic acids is 1. The molecule has 1 rings (SSSR count). The molecule has 0 unspecified atom stereocenters. The molecule has 2 amide bonds. The van der Waals surface area contributed by atoms with Crippen LogP contribution in [0.2, 0.25) is 0 Å². The largest absolute Gasteiger partial charge is 0.480 e. The first-order valence-electron chi connectivity index (χ1n) is 6.86. The molecule has 0 heterocycles. The number of rotatable bonds is 8. The van der Waals surface area contributed by atoms with E-state index >= 15 is 0 Å². The minimum absolute atomic E-state index is 0.243. The van der Waals surface area contributed by atoms with Crippen molar-refractivity contribution in [1.82, 2.24) is 10.2 Å². The number of carbonyl (C=O) groups excluding carboxylic acids is 1. The number of nitrogens with one attached hydrogen (secondary N) is 1. The van der Waals surface area contributed by atoms with Gasteiger partial charge in [-0.1, -0.05) is 19.8 Å². The quantitative estimate of drug-likeness (QED) is 0.698. The summed E-state index contributed by atoms with van der Waals surface area (Å²) in [7, 11) is 0. The molecule has 1 atom stereocenters.